The highest BCUT2D eigenvalue weighted by atomic mass is 16.2. The first-order valence-electron chi connectivity index (χ1n) is 9.57. The van der Waals surface area contributed by atoms with Gasteiger partial charge in [0.2, 0.25) is 5.91 Å². The minimum Gasteiger partial charge on any atom is -0.356 e. The van der Waals surface area contributed by atoms with E-state index >= 15 is 0 Å². The molecule has 26 heavy (non-hydrogen) atoms. The molecule has 2 aromatic rings. The van der Waals surface area contributed by atoms with Gasteiger partial charge in [-0.25, -0.2) is 9.97 Å². The molecule has 0 saturated carbocycles. The molecule has 1 atom stereocenters. The molecule has 1 aliphatic heterocycles. The summed E-state index contributed by atoms with van der Waals surface area (Å²) in [6.45, 7) is 4.67. The summed E-state index contributed by atoms with van der Waals surface area (Å²) < 4.78 is 0. The molecule has 1 aromatic carbocycles. The van der Waals surface area contributed by atoms with Gasteiger partial charge in [0, 0.05) is 38.4 Å². The zero-order valence-electron chi connectivity index (χ0n) is 15.8. The summed E-state index contributed by atoms with van der Waals surface area (Å²) in [6.07, 6.45) is 5.96. The topological polar surface area (TPSA) is 49.3 Å². The van der Waals surface area contributed by atoms with Crippen LogP contribution in [0.25, 0.3) is 11.4 Å². The molecule has 0 bridgehead atoms. The van der Waals surface area contributed by atoms with E-state index in [4.69, 9.17) is 4.98 Å². The van der Waals surface area contributed by atoms with Crippen LogP contribution >= 0.6 is 0 Å². The summed E-state index contributed by atoms with van der Waals surface area (Å²) in [5.41, 5.74) is 1.01. The normalized spacial score (nSPS) is 17.2. The maximum Gasteiger partial charge on any atom is 0.227 e. The Morgan fingerprint density at radius 3 is 2.85 bits per heavy atom. The predicted molar refractivity (Wildman–Crippen MR) is 105 cm³/mol. The van der Waals surface area contributed by atoms with Crippen molar-refractivity contribution in [1.29, 1.82) is 0 Å². The van der Waals surface area contributed by atoms with Gasteiger partial charge in [0.1, 0.15) is 5.82 Å². The first-order chi connectivity index (χ1) is 12.7. The summed E-state index contributed by atoms with van der Waals surface area (Å²) in [5, 5.41) is 0. The largest absolute Gasteiger partial charge is 0.356 e. The number of nitrogens with zero attached hydrogens (tertiary/aromatic N) is 4. The fourth-order valence-corrected chi connectivity index (χ4v) is 3.46. The van der Waals surface area contributed by atoms with Gasteiger partial charge in [0.05, 0.1) is 5.92 Å². The van der Waals surface area contributed by atoms with E-state index in [0.717, 1.165) is 62.5 Å². The molecule has 1 amide bonds. The van der Waals surface area contributed by atoms with Gasteiger partial charge in [0.25, 0.3) is 0 Å². The lowest BCUT2D eigenvalue weighted by Crippen LogP contribution is -2.44. The average molecular weight is 352 g/mol. The second-order valence-corrected chi connectivity index (χ2v) is 7.00. The van der Waals surface area contributed by atoms with Crippen LogP contribution in [0.5, 0.6) is 0 Å². The Bertz CT molecular complexity index is 719. The molecule has 0 radical (unpaired) electrons. The molecule has 5 heteroatoms. The summed E-state index contributed by atoms with van der Waals surface area (Å²) in [4.78, 5) is 26.0. The SMILES string of the molecule is CCCCN(C)C(=O)[C@@H]1CCCN(c2ccnc(-c3ccccc3)n2)C1. The maximum atomic E-state index is 12.7. The minimum atomic E-state index is 0.0562. The Labute approximate surface area is 156 Å². The number of hydrogen-bond acceptors (Lipinski definition) is 4. The van der Waals surface area contributed by atoms with Crippen molar-refractivity contribution < 1.29 is 4.79 Å². The van der Waals surface area contributed by atoms with Crippen molar-refractivity contribution in [3.8, 4) is 11.4 Å². The quantitative estimate of drug-likeness (QED) is 0.797. The number of unbranched alkanes of at least 4 members (excludes halogenated alkanes) is 1. The molecule has 0 N–H and O–H groups in total. The zero-order chi connectivity index (χ0) is 18.4. The maximum absolute atomic E-state index is 12.7. The van der Waals surface area contributed by atoms with Crippen LogP contribution in [-0.4, -0.2) is 47.5 Å². The zero-order valence-corrected chi connectivity index (χ0v) is 15.8. The molecule has 0 spiro atoms. The number of amides is 1. The third kappa shape index (κ3) is 4.40. The van der Waals surface area contributed by atoms with Gasteiger partial charge in [-0.3, -0.25) is 4.79 Å². The van der Waals surface area contributed by atoms with Gasteiger partial charge in [-0.2, -0.15) is 0 Å². The van der Waals surface area contributed by atoms with Gasteiger partial charge in [-0.15, -0.1) is 0 Å². The highest BCUT2D eigenvalue weighted by molar-refractivity contribution is 5.79. The number of aromatic nitrogens is 2. The van der Waals surface area contributed by atoms with Crippen molar-refractivity contribution in [2.24, 2.45) is 5.92 Å². The Morgan fingerprint density at radius 2 is 2.08 bits per heavy atom. The number of carbonyl (C=O) groups is 1. The number of hydrogen-bond donors (Lipinski definition) is 0. The number of rotatable bonds is 6. The van der Waals surface area contributed by atoms with Crippen LogP contribution in [-0.2, 0) is 4.79 Å². The molecular weight excluding hydrogens is 324 g/mol. The molecule has 3 rings (SSSR count). The van der Waals surface area contributed by atoms with Crippen molar-refractivity contribution in [3.63, 3.8) is 0 Å². The van der Waals surface area contributed by atoms with E-state index in [-0.39, 0.29) is 11.8 Å². The molecule has 0 unspecified atom stereocenters. The standard InChI is InChI=1S/C21H28N4O/c1-3-4-14-24(2)21(26)18-11-8-15-25(16-18)19-12-13-22-20(23-19)17-9-6-5-7-10-17/h5-7,9-10,12-13,18H,3-4,8,11,14-16H2,1-2H3/t18-/m1/s1. The molecule has 1 fully saturated rings. The van der Waals surface area contributed by atoms with Crippen LogP contribution in [0.15, 0.2) is 42.6 Å². The van der Waals surface area contributed by atoms with Crippen LogP contribution in [0.3, 0.4) is 0 Å². The summed E-state index contributed by atoms with van der Waals surface area (Å²) in [6, 6.07) is 12.0. The van der Waals surface area contributed by atoms with E-state index in [1.54, 1.807) is 0 Å². The smallest absolute Gasteiger partial charge is 0.227 e. The van der Waals surface area contributed by atoms with Gasteiger partial charge in [-0.05, 0) is 25.3 Å². The third-order valence-corrected chi connectivity index (χ3v) is 4.99. The van der Waals surface area contributed by atoms with Crippen molar-refractivity contribution in [1.82, 2.24) is 14.9 Å². The number of benzene rings is 1. The van der Waals surface area contributed by atoms with Crippen molar-refractivity contribution in [2.45, 2.75) is 32.6 Å². The molecule has 0 aliphatic carbocycles. The van der Waals surface area contributed by atoms with Crippen LogP contribution < -0.4 is 4.90 Å². The van der Waals surface area contributed by atoms with Crippen molar-refractivity contribution >= 4 is 11.7 Å². The third-order valence-electron chi connectivity index (χ3n) is 4.99. The summed E-state index contributed by atoms with van der Waals surface area (Å²) in [7, 11) is 1.93. The van der Waals surface area contributed by atoms with Crippen LogP contribution in [0.2, 0.25) is 0 Å². The van der Waals surface area contributed by atoms with Crippen LogP contribution in [0, 0.1) is 5.92 Å². The highest BCUT2D eigenvalue weighted by Gasteiger charge is 2.28. The number of anilines is 1. The first kappa shape index (κ1) is 18.4. The predicted octanol–water partition coefficient (Wildman–Crippen LogP) is 3.62. The van der Waals surface area contributed by atoms with E-state index < -0.39 is 0 Å². The number of piperidine rings is 1. The van der Waals surface area contributed by atoms with Crippen molar-refractivity contribution in [2.75, 3.05) is 31.6 Å². The molecule has 1 aromatic heterocycles. The lowest BCUT2D eigenvalue weighted by Gasteiger charge is -2.34. The highest BCUT2D eigenvalue weighted by Crippen LogP contribution is 2.24. The summed E-state index contributed by atoms with van der Waals surface area (Å²) in [5.74, 6) is 1.96. The molecule has 5 nitrogen and oxygen atoms in total. The molecular formula is C21H28N4O. The number of carbonyl (C=O) groups excluding carboxylic acids is 1. The fourth-order valence-electron chi connectivity index (χ4n) is 3.46. The fraction of sp³-hybridized carbons (Fsp3) is 0.476. The van der Waals surface area contributed by atoms with Gasteiger partial charge >= 0.3 is 0 Å². The molecule has 1 saturated heterocycles. The Kier molecular flexibility index (Phi) is 6.21. The van der Waals surface area contributed by atoms with Crippen LogP contribution in [0.4, 0.5) is 5.82 Å². The van der Waals surface area contributed by atoms with Gasteiger partial charge < -0.3 is 9.80 Å². The lowest BCUT2D eigenvalue weighted by atomic mass is 9.96. The van der Waals surface area contributed by atoms with Crippen LogP contribution in [0.1, 0.15) is 32.6 Å². The van der Waals surface area contributed by atoms with E-state index in [0.29, 0.717) is 0 Å². The van der Waals surface area contributed by atoms with E-state index in [9.17, 15) is 4.79 Å². The second kappa shape index (κ2) is 8.79. The Morgan fingerprint density at radius 1 is 1.27 bits per heavy atom. The van der Waals surface area contributed by atoms with Gasteiger partial charge in [-0.1, -0.05) is 43.7 Å². The van der Waals surface area contributed by atoms with E-state index in [2.05, 4.69) is 16.8 Å². The van der Waals surface area contributed by atoms with Crippen molar-refractivity contribution in [3.05, 3.63) is 42.6 Å². The lowest BCUT2D eigenvalue weighted by molar-refractivity contribution is -0.134. The van der Waals surface area contributed by atoms with E-state index in [1.165, 1.54) is 0 Å². The molecule has 138 valence electrons. The second-order valence-electron chi connectivity index (χ2n) is 7.00. The molecule has 1 aliphatic rings. The minimum absolute atomic E-state index is 0.0562. The summed E-state index contributed by atoms with van der Waals surface area (Å²) >= 11 is 0. The molecule has 2 heterocycles. The average Bonchev–Trinajstić information content (AvgIpc) is 2.72. The Balaban J connectivity index is 1.71. The van der Waals surface area contributed by atoms with Gasteiger partial charge in [0.15, 0.2) is 5.82 Å². The Hall–Kier alpha value is -2.43. The first-order valence-corrected chi connectivity index (χ1v) is 9.57. The van der Waals surface area contributed by atoms with E-state index in [1.807, 2.05) is 54.5 Å². The monoisotopic (exact) mass is 352 g/mol.